The van der Waals surface area contributed by atoms with Crippen LogP contribution in [0.3, 0.4) is 0 Å². The van der Waals surface area contributed by atoms with Crippen LogP contribution in [0.4, 0.5) is 10.1 Å². The summed E-state index contributed by atoms with van der Waals surface area (Å²) < 4.78 is 40.3. The van der Waals surface area contributed by atoms with E-state index >= 15 is 0 Å². The molecule has 0 radical (unpaired) electrons. The fourth-order valence-electron chi connectivity index (χ4n) is 1.70. The van der Waals surface area contributed by atoms with E-state index in [-0.39, 0.29) is 22.7 Å². The molecule has 106 valence electrons. The van der Waals surface area contributed by atoms with Gasteiger partial charge in [0.05, 0.1) is 17.1 Å². The van der Waals surface area contributed by atoms with Gasteiger partial charge in [-0.2, -0.15) is 0 Å². The third kappa shape index (κ3) is 3.12. The monoisotopic (exact) mass is 295 g/mol. The van der Waals surface area contributed by atoms with Crippen LogP contribution in [-0.2, 0) is 16.6 Å². The molecular weight excluding hydrogens is 281 g/mol. The van der Waals surface area contributed by atoms with Gasteiger partial charge in [0.15, 0.2) is 0 Å². The second-order valence-electron chi connectivity index (χ2n) is 4.27. The van der Waals surface area contributed by atoms with Crippen molar-refractivity contribution in [2.45, 2.75) is 18.4 Å². The number of pyridine rings is 1. The lowest BCUT2D eigenvalue weighted by Crippen LogP contribution is -2.24. The number of nitrogens with zero attached hydrogens (tertiary/aromatic N) is 1. The number of aromatic nitrogens is 1. The Morgan fingerprint density at radius 3 is 2.75 bits per heavy atom. The molecular formula is C13H14FN3O2S. The highest BCUT2D eigenvalue weighted by molar-refractivity contribution is 7.89. The standard InChI is InChI=1S/C13H14FN3O2S/c1-9-12(14)6-10(15)7-13(9)20(18,19)17-8-11-4-2-3-5-16-11/h2-7,17H,8,15H2,1H3. The topological polar surface area (TPSA) is 85.1 Å². The molecule has 1 heterocycles. The van der Waals surface area contributed by atoms with E-state index in [1.807, 2.05) is 0 Å². The molecule has 0 aliphatic carbocycles. The van der Waals surface area contributed by atoms with Gasteiger partial charge in [0, 0.05) is 17.4 Å². The molecule has 1 aromatic carbocycles. The number of anilines is 1. The lowest BCUT2D eigenvalue weighted by molar-refractivity contribution is 0.574. The fraction of sp³-hybridized carbons (Fsp3) is 0.154. The highest BCUT2D eigenvalue weighted by Gasteiger charge is 2.19. The zero-order chi connectivity index (χ0) is 14.8. The van der Waals surface area contributed by atoms with E-state index in [9.17, 15) is 12.8 Å². The molecule has 0 bridgehead atoms. The van der Waals surface area contributed by atoms with Crippen LogP contribution in [0.15, 0.2) is 41.4 Å². The fourth-order valence-corrected chi connectivity index (χ4v) is 2.99. The van der Waals surface area contributed by atoms with E-state index in [0.717, 1.165) is 6.07 Å². The first-order valence-electron chi connectivity index (χ1n) is 5.85. The van der Waals surface area contributed by atoms with E-state index in [1.54, 1.807) is 24.4 Å². The van der Waals surface area contributed by atoms with Crippen molar-refractivity contribution in [3.05, 3.63) is 53.6 Å². The molecule has 1 aromatic heterocycles. The summed E-state index contributed by atoms with van der Waals surface area (Å²) in [6.45, 7) is 1.42. The first-order chi connectivity index (χ1) is 9.40. The summed E-state index contributed by atoms with van der Waals surface area (Å²) >= 11 is 0. The van der Waals surface area contributed by atoms with Gasteiger partial charge < -0.3 is 5.73 Å². The van der Waals surface area contributed by atoms with Crippen LogP contribution in [0.5, 0.6) is 0 Å². The van der Waals surface area contributed by atoms with Gasteiger partial charge in [-0.1, -0.05) is 6.07 Å². The minimum atomic E-state index is -3.84. The number of benzene rings is 1. The minimum absolute atomic E-state index is 0.0268. The van der Waals surface area contributed by atoms with Crippen LogP contribution < -0.4 is 10.5 Å². The largest absolute Gasteiger partial charge is 0.399 e. The van der Waals surface area contributed by atoms with Gasteiger partial charge in [0.2, 0.25) is 10.0 Å². The number of nitrogens with two attached hydrogens (primary N) is 1. The van der Waals surface area contributed by atoms with Gasteiger partial charge in [-0.05, 0) is 31.2 Å². The average molecular weight is 295 g/mol. The Hall–Kier alpha value is -1.99. The van der Waals surface area contributed by atoms with Crippen LogP contribution in [0.1, 0.15) is 11.3 Å². The maximum absolute atomic E-state index is 13.5. The van der Waals surface area contributed by atoms with Crippen LogP contribution >= 0.6 is 0 Å². The third-order valence-corrected chi connectivity index (χ3v) is 4.31. The van der Waals surface area contributed by atoms with Crippen LogP contribution in [-0.4, -0.2) is 13.4 Å². The molecule has 0 amide bonds. The molecule has 0 saturated heterocycles. The maximum Gasteiger partial charge on any atom is 0.241 e. The summed E-state index contributed by atoms with van der Waals surface area (Å²) in [5, 5.41) is 0. The Balaban J connectivity index is 2.27. The zero-order valence-corrected chi connectivity index (χ0v) is 11.6. The van der Waals surface area contributed by atoms with Crippen molar-refractivity contribution in [3.8, 4) is 0 Å². The summed E-state index contributed by atoms with van der Waals surface area (Å²) in [6.07, 6.45) is 1.56. The Kier molecular flexibility index (Phi) is 4.01. The number of halogens is 1. The molecule has 0 atom stereocenters. The molecule has 20 heavy (non-hydrogen) atoms. The summed E-state index contributed by atoms with van der Waals surface area (Å²) in [5.74, 6) is -0.650. The number of hydrogen-bond acceptors (Lipinski definition) is 4. The Morgan fingerprint density at radius 1 is 1.35 bits per heavy atom. The zero-order valence-electron chi connectivity index (χ0n) is 10.8. The SMILES string of the molecule is Cc1c(F)cc(N)cc1S(=O)(=O)NCc1ccccn1. The van der Waals surface area contributed by atoms with Crippen molar-refractivity contribution in [1.82, 2.24) is 9.71 Å². The van der Waals surface area contributed by atoms with Crippen LogP contribution in [0, 0.1) is 12.7 Å². The average Bonchev–Trinajstić information content (AvgIpc) is 2.42. The van der Waals surface area contributed by atoms with E-state index in [4.69, 9.17) is 5.73 Å². The van der Waals surface area contributed by atoms with E-state index in [0.29, 0.717) is 5.69 Å². The molecule has 0 aliphatic rings. The summed E-state index contributed by atoms with van der Waals surface area (Å²) in [4.78, 5) is 3.85. The highest BCUT2D eigenvalue weighted by Crippen LogP contribution is 2.21. The third-order valence-electron chi connectivity index (χ3n) is 2.78. The number of nitrogens with one attached hydrogen (secondary N) is 1. The molecule has 0 saturated carbocycles. The maximum atomic E-state index is 13.5. The van der Waals surface area contributed by atoms with Crippen molar-refractivity contribution in [1.29, 1.82) is 0 Å². The van der Waals surface area contributed by atoms with Crippen LogP contribution in [0.2, 0.25) is 0 Å². The predicted molar refractivity (Wildman–Crippen MR) is 73.8 cm³/mol. The molecule has 7 heteroatoms. The highest BCUT2D eigenvalue weighted by atomic mass is 32.2. The number of nitrogen functional groups attached to an aromatic ring is 1. The predicted octanol–water partition coefficient (Wildman–Crippen LogP) is 1.59. The Bertz CT molecular complexity index is 718. The van der Waals surface area contributed by atoms with Crippen molar-refractivity contribution in [3.63, 3.8) is 0 Å². The van der Waals surface area contributed by atoms with Crippen LogP contribution in [0.25, 0.3) is 0 Å². The van der Waals surface area contributed by atoms with E-state index in [2.05, 4.69) is 9.71 Å². The number of hydrogen-bond donors (Lipinski definition) is 2. The van der Waals surface area contributed by atoms with Gasteiger partial charge >= 0.3 is 0 Å². The first-order valence-corrected chi connectivity index (χ1v) is 7.33. The van der Waals surface area contributed by atoms with Crippen molar-refractivity contribution < 1.29 is 12.8 Å². The van der Waals surface area contributed by atoms with Gasteiger partial charge in [0.25, 0.3) is 0 Å². The van der Waals surface area contributed by atoms with Gasteiger partial charge in [-0.3, -0.25) is 4.98 Å². The number of rotatable bonds is 4. The second kappa shape index (κ2) is 5.56. The molecule has 0 spiro atoms. The second-order valence-corrected chi connectivity index (χ2v) is 6.01. The molecule has 5 nitrogen and oxygen atoms in total. The number of sulfonamides is 1. The van der Waals surface area contributed by atoms with Gasteiger partial charge in [-0.15, -0.1) is 0 Å². The molecule has 0 fully saturated rings. The summed E-state index contributed by atoms with van der Waals surface area (Å²) in [6, 6.07) is 7.50. The van der Waals surface area contributed by atoms with E-state index in [1.165, 1.54) is 13.0 Å². The summed E-state index contributed by atoms with van der Waals surface area (Å²) in [7, 11) is -3.84. The van der Waals surface area contributed by atoms with Crippen molar-refractivity contribution in [2.75, 3.05) is 5.73 Å². The lowest BCUT2D eigenvalue weighted by Gasteiger charge is -2.10. The van der Waals surface area contributed by atoms with Crippen molar-refractivity contribution in [2.24, 2.45) is 0 Å². The molecule has 0 aliphatic heterocycles. The first kappa shape index (κ1) is 14.4. The summed E-state index contributed by atoms with van der Waals surface area (Å²) in [5.41, 5.74) is 6.15. The van der Waals surface area contributed by atoms with Gasteiger partial charge in [-0.25, -0.2) is 17.5 Å². The molecule has 2 aromatic rings. The minimum Gasteiger partial charge on any atom is -0.399 e. The normalized spacial score (nSPS) is 11.5. The Labute approximate surface area is 116 Å². The lowest BCUT2D eigenvalue weighted by atomic mass is 10.2. The molecule has 0 unspecified atom stereocenters. The Morgan fingerprint density at radius 2 is 2.10 bits per heavy atom. The van der Waals surface area contributed by atoms with Crippen molar-refractivity contribution >= 4 is 15.7 Å². The van der Waals surface area contributed by atoms with Gasteiger partial charge in [0.1, 0.15) is 5.82 Å². The molecule has 3 N–H and O–H groups in total. The van der Waals surface area contributed by atoms with E-state index < -0.39 is 15.8 Å². The quantitative estimate of drug-likeness (QED) is 0.839. The molecule has 2 rings (SSSR count). The smallest absolute Gasteiger partial charge is 0.241 e.